The van der Waals surface area contributed by atoms with Crippen LogP contribution < -0.4 is 31.1 Å². The molecule has 0 amide bonds. The zero-order valence-electron chi connectivity index (χ0n) is 25.8. The average Bonchev–Trinajstić information content (AvgIpc) is 3.47. The van der Waals surface area contributed by atoms with Crippen LogP contribution in [-0.4, -0.2) is 12.8 Å². The third kappa shape index (κ3) is 3.67. The molecule has 0 aromatic heterocycles. The minimum absolute atomic E-state index is 0.184. The quantitative estimate of drug-likeness (QED) is 0.189. The molecule has 6 aromatic rings. The van der Waals surface area contributed by atoms with E-state index in [9.17, 15) is 0 Å². The van der Waals surface area contributed by atoms with Gasteiger partial charge in [-0.25, -0.2) is 0 Å². The van der Waals surface area contributed by atoms with Gasteiger partial charge in [0.05, 0.1) is 0 Å². The lowest BCUT2D eigenvalue weighted by molar-refractivity contribution is 0.402. The first-order valence-corrected chi connectivity index (χ1v) is 16.8. The van der Waals surface area contributed by atoms with Crippen molar-refractivity contribution >= 4 is 68.6 Å². The van der Waals surface area contributed by atoms with Crippen molar-refractivity contribution in [1.82, 2.24) is 0 Å². The van der Waals surface area contributed by atoms with E-state index in [2.05, 4.69) is 160 Å². The summed E-state index contributed by atoms with van der Waals surface area (Å²) >= 11 is 0. The number of hydrogen-bond donors (Lipinski definition) is 0. The molecule has 3 nitrogen and oxygen atoms in total. The molecule has 4 heteroatoms. The molecular formula is C42H34BN3. The van der Waals surface area contributed by atoms with Gasteiger partial charge in [-0.3, -0.25) is 0 Å². The van der Waals surface area contributed by atoms with Crippen LogP contribution in [0.5, 0.6) is 0 Å². The molecule has 46 heavy (non-hydrogen) atoms. The van der Waals surface area contributed by atoms with Crippen molar-refractivity contribution in [2.75, 3.05) is 14.7 Å². The molecule has 0 N–H and O–H groups in total. The van der Waals surface area contributed by atoms with Crippen molar-refractivity contribution in [3.63, 3.8) is 0 Å². The Morgan fingerprint density at radius 1 is 0.543 bits per heavy atom. The second-order valence-electron chi connectivity index (χ2n) is 13.2. The summed E-state index contributed by atoms with van der Waals surface area (Å²) in [6.45, 7) is 0.184. The maximum atomic E-state index is 2.76. The van der Waals surface area contributed by atoms with Gasteiger partial charge in [-0.05, 0) is 95.5 Å². The van der Waals surface area contributed by atoms with E-state index in [0.717, 1.165) is 17.1 Å². The van der Waals surface area contributed by atoms with Crippen LogP contribution in [0, 0.1) is 0 Å². The highest BCUT2D eigenvalue weighted by atomic mass is 15.2. The highest BCUT2D eigenvalue weighted by Crippen LogP contribution is 2.53. The molecule has 4 aliphatic rings. The fourth-order valence-electron chi connectivity index (χ4n) is 9.05. The predicted molar refractivity (Wildman–Crippen MR) is 194 cm³/mol. The van der Waals surface area contributed by atoms with Crippen molar-refractivity contribution in [2.24, 2.45) is 0 Å². The van der Waals surface area contributed by atoms with E-state index in [4.69, 9.17) is 0 Å². The number of nitrogens with zero attached hydrogens (tertiary/aromatic N) is 3. The van der Waals surface area contributed by atoms with Gasteiger partial charge >= 0.3 is 0 Å². The maximum absolute atomic E-state index is 2.76. The first-order chi connectivity index (χ1) is 22.9. The number of benzene rings is 6. The van der Waals surface area contributed by atoms with Gasteiger partial charge in [-0.15, -0.1) is 0 Å². The first kappa shape index (κ1) is 26.0. The summed E-state index contributed by atoms with van der Waals surface area (Å²) < 4.78 is 0. The van der Waals surface area contributed by atoms with Crippen LogP contribution in [0.4, 0.5) is 45.5 Å². The predicted octanol–water partition coefficient (Wildman–Crippen LogP) is 8.95. The molecule has 6 aromatic carbocycles. The van der Waals surface area contributed by atoms with Crippen molar-refractivity contribution in [1.29, 1.82) is 0 Å². The Morgan fingerprint density at radius 3 is 1.98 bits per heavy atom. The Morgan fingerprint density at radius 2 is 1.22 bits per heavy atom. The topological polar surface area (TPSA) is 9.72 Å². The molecule has 10 rings (SSSR count). The number of hydrogen-bond acceptors (Lipinski definition) is 3. The van der Waals surface area contributed by atoms with Crippen molar-refractivity contribution in [2.45, 2.75) is 37.6 Å². The molecule has 1 aliphatic carbocycles. The van der Waals surface area contributed by atoms with Crippen LogP contribution in [0.3, 0.4) is 0 Å². The fraction of sp³-hybridized carbons (Fsp3) is 0.143. The van der Waals surface area contributed by atoms with E-state index in [0.29, 0.717) is 12.0 Å². The van der Waals surface area contributed by atoms with E-state index >= 15 is 0 Å². The Kier molecular flexibility index (Phi) is 5.75. The van der Waals surface area contributed by atoms with Gasteiger partial charge in [0.15, 0.2) is 0 Å². The summed E-state index contributed by atoms with van der Waals surface area (Å²) in [6.07, 6.45) is 5.22. The third-order valence-corrected chi connectivity index (χ3v) is 10.8. The van der Waals surface area contributed by atoms with Gasteiger partial charge in [0, 0.05) is 57.5 Å². The zero-order chi connectivity index (χ0) is 30.2. The van der Waals surface area contributed by atoms with E-state index < -0.39 is 0 Å². The Labute approximate surface area is 271 Å². The molecule has 220 valence electrons. The second kappa shape index (κ2) is 10.2. The van der Waals surface area contributed by atoms with Gasteiger partial charge in [0.1, 0.15) is 0 Å². The largest absolute Gasteiger partial charge is 0.338 e. The van der Waals surface area contributed by atoms with Crippen LogP contribution >= 0.6 is 0 Å². The summed E-state index contributed by atoms with van der Waals surface area (Å²) in [6, 6.07) is 54.4. The minimum atomic E-state index is 0.184. The van der Waals surface area contributed by atoms with E-state index in [-0.39, 0.29) is 6.71 Å². The molecule has 1 fully saturated rings. The van der Waals surface area contributed by atoms with Crippen molar-refractivity contribution in [3.8, 4) is 0 Å². The normalized spacial score (nSPS) is 18.4. The van der Waals surface area contributed by atoms with Crippen molar-refractivity contribution in [3.05, 3.63) is 151 Å². The molecule has 0 radical (unpaired) electrons. The fourth-order valence-corrected chi connectivity index (χ4v) is 9.05. The van der Waals surface area contributed by atoms with Crippen LogP contribution in [0.25, 0.3) is 0 Å². The van der Waals surface area contributed by atoms with Crippen LogP contribution in [0.1, 0.15) is 37.2 Å². The van der Waals surface area contributed by atoms with Gasteiger partial charge in [0.25, 0.3) is 6.71 Å². The Hall–Kier alpha value is -5.22. The van der Waals surface area contributed by atoms with E-state index in [1.807, 2.05) is 0 Å². The number of rotatable bonds is 4. The third-order valence-electron chi connectivity index (χ3n) is 10.8. The number of para-hydroxylation sites is 4. The molecule has 2 unspecified atom stereocenters. The lowest BCUT2D eigenvalue weighted by atomic mass is 9.33. The van der Waals surface area contributed by atoms with Crippen LogP contribution in [0.2, 0.25) is 0 Å². The minimum Gasteiger partial charge on any atom is -0.338 e. The summed E-state index contributed by atoms with van der Waals surface area (Å²) in [5.74, 6) is 0.622. The Balaban J connectivity index is 1.24. The summed E-state index contributed by atoms with van der Waals surface area (Å²) in [5.41, 5.74) is 15.9. The molecular weight excluding hydrogens is 557 g/mol. The van der Waals surface area contributed by atoms with E-state index in [1.165, 1.54) is 70.5 Å². The highest BCUT2D eigenvalue weighted by Gasteiger charge is 2.50. The first-order valence-electron chi connectivity index (χ1n) is 16.8. The van der Waals surface area contributed by atoms with Gasteiger partial charge in [0.2, 0.25) is 0 Å². The van der Waals surface area contributed by atoms with Gasteiger partial charge < -0.3 is 14.7 Å². The second-order valence-corrected chi connectivity index (χ2v) is 13.2. The summed E-state index contributed by atoms with van der Waals surface area (Å²) in [4.78, 5) is 7.66. The monoisotopic (exact) mass is 591 g/mol. The Bertz CT molecular complexity index is 2060. The average molecular weight is 592 g/mol. The molecule has 3 aliphatic heterocycles. The molecule has 1 saturated carbocycles. The SMILES string of the molecule is c1ccc(N(c2ccccc2)c2ccc3c(c2)N(c2ccccc2)c2cccc4c2B3c2cccc3c2N4C2CCCCC32)cc1. The lowest BCUT2D eigenvalue weighted by Crippen LogP contribution is -2.62. The lowest BCUT2D eigenvalue weighted by Gasteiger charge is -2.45. The molecule has 2 atom stereocenters. The number of anilines is 8. The van der Waals surface area contributed by atoms with Crippen LogP contribution in [0.15, 0.2) is 146 Å². The van der Waals surface area contributed by atoms with Gasteiger partial charge in [-0.1, -0.05) is 97.8 Å². The number of fused-ring (bicyclic) bond motifs is 7. The molecule has 3 heterocycles. The molecule has 0 spiro atoms. The molecule has 0 saturated heterocycles. The highest BCUT2D eigenvalue weighted by molar-refractivity contribution is 7.00. The standard InChI is InChI=1S/C42H34BN3/c1-4-14-29(15-5-1)44(30-16-6-2-7-17-30)32-26-27-35-40(28-32)45(31-18-8-3-9-19-31)38-24-13-25-39-41(38)43(35)36-22-12-21-34-33-20-10-11-23-37(33)46(39)42(34)36/h1-9,12-19,21-22,24-28,33,37H,10-11,20,23H2. The summed E-state index contributed by atoms with van der Waals surface area (Å²) in [5, 5.41) is 0. The zero-order valence-corrected chi connectivity index (χ0v) is 25.8. The van der Waals surface area contributed by atoms with E-state index in [1.54, 1.807) is 5.56 Å². The van der Waals surface area contributed by atoms with Crippen LogP contribution in [-0.2, 0) is 0 Å². The van der Waals surface area contributed by atoms with Crippen molar-refractivity contribution < 1.29 is 0 Å². The summed E-state index contributed by atoms with van der Waals surface area (Å²) in [7, 11) is 0. The molecule has 0 bridgehead atoms. The smallest absolute Gasteiger partial charge is 0.252 e. The van der Waals surface area contributed by atoms with Gasteiger partial charge in [-0.2, -0.15) is 0 Å². The maximum Gasteiger partial charge on any atom is 0.252 e.